The number of ether oxygens (including phenoxy) is 2. The third-order valence-electron chi connectivity index (χ3n) is 3.19. The van der Waals surface area contributed by atoms with E-state index < -0.39 is 0 Å². The molecule has 0 atom stereocenters. The number of aryl methyl sites for hydroxylation is 1. The lowest BCUT2D eigenvalue weighted by Gasteiger charge is -2.15. The molecular formula is C15H19NO2. The molecule has 0 fully saturated rings. The summed E-state index contributed by atoms with van der Waals surface area (Å²) >= 11 is 0. The van der Waals surface area contributed by atoms with Crippen LogP contribution < -0.4 is 9.47 Å². The molecule has 1 aromatic carbocycles. The summed E-state index contributed by atoms with van der Waals surface area (Å²) in [5.41, 5.74) is 3.48. The van der Waals surface area contributed by atoms with Crippen molar-refractivity contribution >= 4 is 10.9 Å². The van der Waals surface area contributed by atoms with Crippen LogP contribution in [-0.2, 0) is 0 Å². The van der Waals surface area contributed by atoms with Crippen molar-refractivity contribution in [3.63, 3.8) is 0 Å². The number of aromatic nitrogens is 1. The summed E-state index contributed by atoms with van der Waals surface area (Å²) in [6.07, 6.45) is 1.92. The first kappa shape index (κ1) is 12.7. The van der Waals surface area contributed by atoms with Crippen LogP contribution in [0.3, 0.4) is 0 Å². The molecule has 0 unspecified atom stereocenters. The number of benzene rings is 1. The van der Waals surface area contributed by atoms with Crippen LogP contribution in [0.2, 0.25) is 0 Å². The second-order valence-corrected chi connectivity index (χ2v) is 4.73. The zero-order valence-electron chi connectivity index (χ0n) is 11.6. The Labute approximate surface area is 108 Å². The van der Waals surface area contributed by atoms with E-state index in [1.54, 1.807) is 14.2 Å². The predicted octanol–water partition coefficient (Wildman–Crippen LogP) is 3.68. The van der Waals surface area contributed by atoms with Crippen LogP contribution in [0.5, 0.6) is 11.5 Å². The highest BCUT2D eigenvalue weighted by molar-refractivity contribution is 5.87. The van der Waals surface area contributed by atoms with E-state index in [-0.39, 0.29) is 0 Å². The minimum atomic E-state index is 0.452. The Morgan fingerprint density at radius 1 is 1.06 bits per heavy atom. The van der Waals surface area contributed by atoms with Gasteiger partial charge in [-0.25, -0.2) is 0 Å². The van der Waals surface area contributed by atoms with E-state index in [1.165, 1.54) is 11.1 Å². The molecule has 0 spiro atoms. The van der Waals surface area contributed by atoms with Gasteiger partial charge < -0.3 is 9.47 Å². The fraction of sp³-hybridized carbons (Fsp3) is 0.400. The number of rotatable bonds is 3. The lowest BCUT2D eigenvalue weighted by atomic mass is 9.94. The van der Waals surface area contributed by atoms with Gasteiger partial charge in [-0.3, -0.25) is 4.98 Å². The molecule has 1 heterocycles. The fourth-order valence-electron chi connectivity index (χ4n) is 2.41. The van der Waals surface area contributed by atoms with Gasteiger partial charge in [0.2, 0.25) is 0 Å². The minimum absolute atomic E-state index is 0.452. The first-order valence-corrected chi connectivity index (χ1v) is 6.09. The SMILES string of the molecule is COc1cc2ncc(C)c(C(C)C)c2cc1OC. The van der Waals surface area contributed by atoms with Gasteiger partial charge in [-0.15, -0.1) is 0 Å². The van der Waals surface area contributed by atoms with Gasteiger partial charge in [-0.1, -0.05) is 13.8 Å². The predicted molar refractivity (Wildman–Crippen MR) is 73.7 cm³/mol. The van der Waals surface area contributed by atoms with Crippen molar-refractivity contribution in [1.29, 1.82) is 0 Å². The number of nitrogens with zero attached hydrogens (tertiary/aromatic N) is 1. The lowest BCUT2D eigenvalue weighted by Crippen LogP contribution is -1.98. The molecule has 0 aliphatic heterocycles. The zero-order valence-corrected chi connectivity index (χ0v) is 11.6. The van der Waals surface area contributed by atoms with Gasteiger partial charge in [-0.05, 0) is 30.0 Å². The molecule has 0 radical (unpaired) electrons. The molecule has 2 rings (SSSR count). The van der Waals surface area contributed by atoms with Crippen molar-refractivity contribution in [2.75, 3.05) is 14.2 Å². The summed E-state index contributed by atoms with van der Waals surface area (Å²) in [4.78, 5) is 4.47. The van der Waals surface area contributed by atoms with Crippen molar-refractivity contribution in [2.24, 2.45) is 0 Å². The van der Waals surface area contributed by atoms with Gasteiger partial charge in [0.05, 0.1) is 19.7 Å². The van der Waals surface area contributed by atoms with Crippen molar-refractivity contribution in [3.05, 3.63) is 29.5 Å². The standard InChI is InChI=1S/C15H19NO2/c1-9(2)15-10(3)8-16-12-7-14(18-5)13(17-4)6-11(12)15/h6-9H,1-5H3. The van der Waals surface area contributed by atoms with E-state index in [0.717, 1.165) is 22.4 Å². The molecule has 0 saturated heterocycles. The summed E-state index contributed by atoms with van der Waals surface area (Å²) in [5.74, 6) is 1.92. The quantitative estimate of drug-likeness (QED) is 0.826. The average molecular weight is 245 g/mol. The summed E-state index contributed by atoms with van der Waals surface area (Å²) < 4.78 is 10.7. The first-order valence-electron chi connectivity index (χ1n) is 6.09. The number of hydrogen-bond acceptors (Lipinski definition) is 3. The fourth-order valence-corrected chi connectivity index (χ4v) is 2.41. The molecule has 0 saturated carbocycles. The Bertz CT molecular complexity index is 576. The van der Waals surface area contributed by atoms with Gasteiger partial charge in [0.25, 0.3) is 0 Å². The first-order chi connectivity index (χ1) is 8.58. The van der Waals surface area contributed by atoms with Crippen LogP contribution in [0, 0.1) is 6.92 Å². The van der Waals surface area contributed by atoms with E-state index >= 15 is 0 Å². The molecule has 0 aliphatic carbocycles. The molecule has 0 bridgehead atoms. The molecule has 0 amide bonds. The topological polar surface area (TPSA) is 31.4 Å². The molecule has 96 valence electrons. The van der Waals surface area contributed by atoms with E-state index in [2.05, 4.69) is 25.8 Å². The average Bonchev–Trinajstić information content (AvgIpc) is 2.36. The van der Waals surface area contributed by atoms with Crippen LogP contribution >= 0.6 is 0 Å². The molecule has 18 heavy (non-hydrogen) atoms. The number of fused-ring (bicyclic) bond motifs is 1. The lowest BCUT2D eigenvalue weighted by molar-refractivity contribution is 0.355. The van der Waals surface area contributed by atoms with Gasteiger partial charge in [0.15, 0.2) is 11.5 Å². The third kappa shape index (κ3) is 2.01. The maximum atomic E-state index is 5.37. The number of hydrogen-bond donors (Lipinski definition) is 0. The largest absolute Gasteiger partial charge is 0.493 e. The highest BCUT2D eigenvalue weighted by Gasteiger charge is 2.13. The van der Waals surface area contributed by atoms with Crippen LogP contribution in [0.15, 0.2) is 18.3 Å². The van der Waals surface area contributed by atoms with E-state index in [0.29, 0.717) is 5.92 Å². The molecule has 0 N–H and O–H groups in total. The number of methoxy groups -OCH3 is 2. The molecule has 2 aromatic rings. The van der Waals surface area contributed by atoms with Crippen LogP contribution in [-0.4, -0.2) is 19.2 Å². The van der Waals surface area contributed by atoms with Gasteiger partial charge in [-0.2, -0.15) is 0 Å². The van der Waals surface area contributed by atoms with Crippen molar-refractivity contribution in [2.45, 2.75) is 26.7 Å². The smallest absolute Gasteiger partial charge is 0.162 e. The van der Waals surface area contributed by atoms with Gasteiger partial charge in [0, 0.05) is 17.6 Å². The second kappa shape index (κ2) is 4.84. The molecule has 1 aromatic heterocycles. The van der Waals surface area contributed by atoms with Gasteiger partial charge >= 0.3 is 0 Å². The van der Waals surface area contributed by atoms with Gasteiger partial charge in [0.1, 0.15) is 0 Å². The van der Waals surface area contributed by atoms with E-state index in [9.17, 15) is 0 Å². The summed E-state index contributed by atoms with van der Waals surface area (Å²) in [6, 6.07) is 3.95. The van der Waals surface area contributed by atoms with Crippen LogP contribution in [0.25, 0.3) is 10.9 Å². The minimum Gasteiger partial charge on any atom is -0.493 e. The Morgan fingerprint density at radius 3 is 2.22 bits per heavy atom. The summed E-state index contributed by atoms with van der Waals surface area (Å²) in [7, 11) is 3.29. The van der Waals surface area contributed by atoms with E-state index in [1.807, 2.05) is 18.3 Å². The molecule has 3 nitrogen and oxygen atoms in total. The molecule has 3 heteroatoms. The summed E-state index contributed by atoms with van der Waals surface area (Å²) in [6.45, 7) is 6.48. The molecule has 0 aliphatic rings. The monoisotopic (exact) mass is 245 g/mol. The van der Waals surface area contributed by atoms with Crippen molar-refractivity contribution in [1.82, 2.24) is 4.98 Å². The Morgan fingerprint density at radius 2 is 1.67 bits per heavy atom. The second-order valence-electron chi connectivity index (χ2n) is 4.73. The summed E-state index contributed by atoms with van der Waals surface area (Å²) in [5, 5.41) is 1.14. The number of pyridine rings is 1. The highest BCUT2D eigenvalue weighted by Crippen LogP contribution is 2.35. The van der Waals surface area contributed by atoms with Crippen molar-refractivity contribution < 1.29 is 9.47 Å². The zero-order chi connectivity index (χ0) is 13.3. The third-order valence-corrected chi connectivity index (χ3v) is 3.19. The van der Waals surface area contributed by atoms with E-state index in [4.69, 9.17) is 9.47 Å². The van der Waals surface area contributed by atoms with Crippen molar-refractivity contribution in [3.8, 4) is 11.5 Å². The molecular weight excluding hydrogens is 226 g/mol. The Kier molecular flexibility index (Phi) is 3.41. The highest BCUT2D eigenvalue weighted by atomic mass is 16.5. The Balaban J connectivity index is 2.80. The van der Waals surface area contributed by atoms with Crippen LogP contribution in [0.1, 0.15) is 30.9 Å². The van der Waals surface area contributed by atoms with Crippen LogP contribution in [0.4, 0.5) is 0 Å². The normalized spacial score (nSPS) is 11.0. The maximum absolute atomic E-state index is 5.37. The Hall–Kier alpha value is -1.77. The maximum Gasteiger partial charge on any atom is 0.162 e.